The van der Waals surface area contributed by atoms with E-state index in [4.69, 9.17) is 5.73 Å². The molecule has 1 unspecified atom stereocenters. The number of piperidine rings is 1. The maximum Gasteiger partial charge on any atom is 0.337 e. The Morgan fingerprint density at radius 2 is 2.11 bits per heavy atom. The number of rotatable bonds is 3. The third-order valence-electron chi connectivity index (χ3n) is 3.33. The van der Waals surface area contributed by atoms with Crippen molar-refractivity contribution in [1.82, 2.24) is 0 Å². The van der Waals surface area contributed by atoms with Crippen LogP contribution in [0, 0.1) is 0 Å². The van der Waals surface area contributed by atoms with Gasteiger partial charge in [-0.05, 0) is 37.5 Å². The second-order valence-corrected chi connectivity index (χ2v) is 5.49. The Labute approximate surface area is 119 Å². The van der Waals surface area contributed by atoms with Gasteiger partial charge in [0.2, 0.25) is 5.91 Å². The molecule has 1 atom stereocenters. The summed E-state index contributed by atoms with van der Waals surface area (Å²) in [5.41, 5.74) is 6.15. The van der Waals surface area contributed by atoms with E-state index in [9.17, 15) is 14.7 Å². The summed E-state index contributed by atoms with van der Waals surface area (Å²) in [4.78, 5) is 24.6. The highest BCUT2D eigenvalue weighted by molar-refractivity contribution is 9.10. The summed E-state index contributed by atoms with van der Waals surface area (Å²) in [6, 6.07) is 4.61. The summed E-state index contributed by atoms with van der Waals surface area (Å²) in [7, 11) is 0. The zero-order chi connectivity index (χ0) is 14.0. The van der Waals surface area contributed by atoms with Crippen LogP contribution in [0.4, 0.5) is 5.69 Å². The molecule has 1 aliphatic rings. The predicted octanol–water partition coefficient (Wildman–Crippen LogP) is 1.99. The molecule has 102 valence electrons. The molecular formula is C13H15BrN2O3. The fourth-order valence-electron chi connectivity index (χ4n) is 2.45. The summed E-state index contributed by atoms with van der Waals surface area (Å²) in [5.74, 6) is -1.41. The predicted molar refractivity (Wildman–Crippen MR) is 75.3 cm³/mol. The molecular weight excluding hydrogens is 312 g/mol. The lowest BCUT2D eigenvalue weighted by molar-refractivity contribution is -0.119. The lowest BCUT2D eigenvalue weighted by atomic mass is 9.99. The molecule has 1 amide bonds. The van der Waals surface area contributed by atoms with Crippen LogP contribution in [0.1, 0.15) is 29.6 Å². The Morgan fingerprint density at radius 1 is 1.37 bits per heavy atom. The molecule has 0 aromatic heterocycles. The number of carbonyl (C=O) groups excluding carboxylic acids is 1. The molecule has 0 aliphatic carbocycles. The zero-order valence-corrected chi connectivity index (χ0v) is 11.9. The van der Waals surface area contributed by atoms with E-state index in [1.165, 1.54) is 0 Å². The lowest BCUT2D eigenvalue weighted by Crippen LogP contribution is -2.48. The third-order valence-corrected chi connectivity index (χ3v) is 3.82. The Hall–Kier alpha value is -1.56. The number of anilines is 1. The lowest BCUT2D eigenvalue weighted by Gasteiger charge is -2.36. The molecule has 0 saturated carbocycles. The molecule has 1 aromatic carbocycles. The van der Waals surface area contributed by atoms with Crippen LogP contribution in [-0.2, 0) is 4.79 Å². The van der Waals surface area contributed by atoms with Gasteiger partial charge < -0.3 is 15.7 Å². The third kappa shape index (κ3) is 2.89. The van der Waals surface area contributed by atoms with Crippen molar-refractivity contribution in [3.05, 3.63) is 28.2 Å². The van der Waals surface area contributed by atoms with Crippen LogP contribution >= 0.6 is 15.9 Å². The number of halogens is 1. The Morgan fingerprint density at radius 3 is 2.74 bits per heavy atom. The number of carbonyl (C=O) groups is 2. The zero-order valence-electron chi connectivity index (χ0n) is 10.3. The fraction of sp³-hybridized carbons (Fsp3) is 0.385. The van der Waals surface area contributed by atoms with Crippen molar-refractivity contribution < 1.29 is 14.7 Å². The molecule has 6 heteroatoms. The number of primary amides is 1. The first-order valence-electron chi connectivity index (χ1n) is 6.09. The number of aromatic carboxylic acids is 1. The number of hydrogen-bond acceptors (Lipinski definition) is 3. The number of hydrogen-bond donors (Lipinski definition) is 2. The number of benzene rings is 1. The molecule has 0 radical (unpaired) electrons. The van der Waals surface area contributed by atoms with Gasteiger partial charge in [0.1, 0.15) is 6.04 Å². The number of amides is 1. The van der Waals surface area contributed by atoms with Gasteiger partial charge >= 0.3 is 5.97 Å². The van der Waals surface area contributed by atoms with Gasteiger partial charge in [-0.3, -0.25) is 4.79 Å². The highest BCUT2D eigenvalue weighted by Crippen LogP contribution is 2.30. The summed E-state index contributed by atoms with van der Waals surface area (Å²) in [6.07, 6.45) is 2.53. The molecule has 1 heterocycles. The van der Waals surface area contributed by atoms with Crippen LogP contribution < -0.4 is 10.6 Å². The van der Waals surface area contributed by atoms with Gasteiger partial charge in [0, 0.05) is 11.0 Å². The van der Waals surface area contributed by atoms with Crippen LogP contribution in [0.25, 0.3) is 0 Å². The van der Waals surface area contributed by atoms with Crippen molar-refractivity contribution in [1.29, 1.82) is 0 Å². The number of nitrogens with zero attached hydrogens (tertiary/aromatic N) is 1. The first-order chi connectivity index (χ1) is 9.00. The summed E-state index contributed by atoms with van der Waals surface area (Å²) in [5, 5.41) is 9.28. The average Bonchev–Trinajstić information content (AvgIpc) is 2.38. The van der Waals surface area contributed by atoms with Gasteiger partial charge in [-0.25, -0.2) is 4.79 Å². The van der Waals surface area contributed by atoms with E-state index in [1.807, 2.05) is 4.90 Å². The summed E-state index contributed by atoms with van der Waals surface area (Å²) in [6.45, 7) is 0.648. The van der Waals surface area contributed by atoms with E-state index >= 15 is 0 Å². The Balaban J connectivity index is 2.44. The minimum Gasteiger partial charge on any atom is -0.478 e. The van der Waals surface area contributed by atoms with Crippen molar-refractivity contribution in [3.63, 3.8) is 0 Å². The van der Waals surface area contributed by atoms with Crippen LogP contribution in [0.3, 0.4) is 0 Å². The van der Waals surface area contributed by atoms with Crippen molar-refractivity contribution >= 4 is 33.5 Å². The molecule has 3 N–H and O–H groups in total. The van der Waals surface area contributed by atoms with E-state index in [-0.39, 0.29) is 5.56 Å². The average molecular weight is 327 g/mol. The van der Waals surface area contributed by atoms with E-state index in [2.05, 4.69) is 15.9 Å². The molecule has 5 nitrogen and oxygen atoms in total. The van der Waals surface area contributed by atoms with Crippen LogP contribution in [0.15, 0.2) is 22.7 Å². The molecule has 1 saturated heterocycles. The van der Waals surface area contributed by atoms with Gasteiger partial charge in [-0.2, -0.15) is 0 Å². The maximum atomic E-state index is 11.5. The van der Waals surface area contributed by atoms with Crippen molar-refractivity contribution in [2.45, 2.75) is 25.3 Å². The first kappa shape index (κ1) is 13.9. The molecule has 19 heavy (non-hydrogen) atoms. The van der Waals surface area contributed by atoms with Crippen molar-refractivity contribution in [2.24, 2.45) is 5.73 Å². The Bertz CT molecular complexity index is 519. The van der Waals surface area contributed by atoms with Crippen LogP contribution in [-0.4, -0.2) is 29.6 Å². The van der Waals surface area contributed by atoms with Crippen molar-refractivity contribution in [2.75, 3.05) is 11.4 Å². The highest BCUT2D eigenvalue weighted by Gasteiger charge is 2.29. The summed E-state index contributed by atoms with van der Waals surface area (Å²) < 4.78 is 0.696. The Kier molecular flexibility index (Phi) is 4.09. The SMILES string of the molecule is NC(=O)C1CCCCN1c1ccc(Br)cc1C(=O)O. The fourth-order valence-corrected chi connectivity index (χ4v) is 2.81. The van der Waals surface area contributed by atoms with E-state index in [0.29, 0.717) is 23.1 Å². The van der Waals surface area contributed by atoms with Gasteiger partial charge in [0.25, 0.3) is 0 Å². The molecule has 1 fully saturated rings. The van der Waals surface area contributed by atoms with E-state index in [1.54, 1.807) is 18.2 Å². The second-order valence-electron chi connectivity index (χ2n) is 4.57. The normalized spacial score (nSPS) is 19.2. The first-order valence-corrected chi connectivity index (χ1v) is 6.89. The van der Waals surface area contributed by atoms with Gasteiger partial charge in [-0.1, -0.05) is 15.9 Å². The van der Waals surface area contributed by atoms with Gasteiger partial charge in [0.15, 0.2) is 0 Å². The van der Waals surface area contributed by atoms with Gasteiger partial charge in [-0.15, -0.1) is 0 Å². The topological polar surface area (TPSA) is 83.6 Å². The number of nitrogens with two attached hydrogens (primary N) is 1. The highest BCUT2D eigenvalue weighted by atomic mass is 79.9. The molecule has 0 spiro atoms. The van der Waals surface area contributed by atoms with Crippen molar-refractivity contribution in [3.8, 4) is 0 Å². The minimum absolute atomic E-state index is 0.183. The molecule has 0 bridgehead atoms. The van der Waals surface area contributed by atoms with Crippen LogP contribution in [0.5, 0.6) is 0 Å². The van der Waals surface area contributed by atoms with Gasteiger partial charge in [0.05, 0.1) is 11.3 Å². The monoisotopic (exact) mass is 326 g/mol. The maximum absolute atomic E-state index is 11.5. The minimum atomic E-state index is -1.01. The summed E-state index contributed by atoms with van der Waals surface area (Å²) >= 11 is 3.26. The molecule has 1 aromatic rings. The number of carboxylic acid groups (broad SMARTS) is 1. The van der Waals surface area contributed by atoms with E-state index < -0.39 is 17.9 Å². The smallest absolute Gasteiger partial charge is 0.337 e. The van der Waals surface area contributed by atoms with Crippen LogP contribution in [0.2, 0.25) is 0 Å². The molecule has 2 rings (SSSR count). The largest absolute Gasteiger partial charge is 0.478 e. The number of carboxylic acids is 1. The quantitative estimate of drug-likeness (QED) is 0.889. The standard InChI is InChI=1S/C13H15BrN2O3/c14-8-4-5-10(9(7-8)13(18)19)16-6-2-1-3-11(16)12(15)17/h4-5,7,11H,1-3,6H2,(H2,15,17)(H,18,19). The molecule has 1 aliphatic heterocycles. The second kappa shape index (κ2) is 5.61. The van der Waals surface area contributed by atoms with E-state index in [0.717, 1.165) is 12.8 Å².